The van der Waals surface area contributed by atoms with E-state index < -0.39 is 0 Å². The molecule has 23 heavy (non-hydrogen) atoms. The number of rotatable bonds is 4. The van der Waals surface area contributed by atoms with Crippen molar-refractivity contribution in [1.82, 2.24) is 15.2 Å². The molecule has 0 unspecified atom stereocenters. The molecule has 0 aliphatic rings. The number of carbonyl (C=O) groups excluding carboxylic acids is 1. The van der Waals surface area contributed by atoms with E-state index >= 15 is 0 Å². The second kappa shape index (κ2) is 5.85. The number of benzene rings is 1. The zero-order chi connectivity index (χ0) is 16.6. The Morgan fingerprint density at radius 2 is 2.00 bits per heavy atom. The van der Waals surface area contributed by atoms with Crippen LogP contribution in [0.4, 0.5) is 17.6 Å². The molecule has 3 aromatic rings. The van der Waals surface area contributed by atoms with Crippen LogP contribution in [-0.2, 0) is 0 Å². The topological polar surface area (TPSA) is 96.7 Å². The number of nitrogens with zero attached hydrogens (tertiary/aromatic N) is 2. The van der Waals surface area contributed by atoms with Gasteiger partial charge in [-0.1, -0.05) is 0 Å². The lowest BCUT2D eigenvalue weighted by atomic mass is 9.95. The van der Waals surface area contributed by atoms with Crippen LogP contribution in [0.25, 0.3) is 11.1 Å². The lowest BCUT2D eigenvalue weighted by Gasteiger charge is -2.13. The van der Waals surface area contributed by atoms with Gasteiger partial charge in [-0.3, -0.25) is 4.79 Å². The molecule has 0 amide bonds. The van der Waals surface area contributed by atoms with Crippen LogP contribution in [0.1, 0.15) is 27.7 Å². The number of aromatic nitrogens is 3. The van der Waals surface area contributed by atoms with Crippen molar-refractivity contribution in [3.63, 3.8) is 0 Å². The third-order valence-electron chi connectivity index (χ3n) is 3.55. The van der Waals surface area contributed by atoms with Crippen molar-refractivity contribution < 1.29 is 4.79 Å². The number of ketones is 1. The van der Waals surface area contributed by atoms with Gasteiger partial charge in [0, 0.05) is 11.3 Å². The highest BCUT2D eigenvalue weighted by Gasteiger charge is 2.15. The van der Waals surface area contributed by atoms with Gasteiger partial charge in [0.2, 0.25) is 11.9 Å². The third-order valence-corrected chi connectivity index (χ3v) is 4.56. The Balaban J connectivity index is 2.00. The smallest absolute Gasteiger partial charge is 0.248 e. The van der Waals surface area contributed by atoms with Gasteiger partial charge in [0.1, 0.15) is 0 Å². The van der Waals surface area contributed by atoms with Crippen LogP contribution < -0.4 is 11.1 Å². The fourth-order valence-electron chi connectivity index (χ4n) is 2.70. The number of nitrogen functional groups attached to an aromatic ring is 1. The number of carbonyl (C=O) groups is 1. The van der Waals surface area contributed by atoms with E-state index in [4.69, 9.17) is 5.73 Å². The molecule has 2 aromatic heterocycles. The molecule has 0 atom stereocenters. The lowest BCUT2D eigenvalue weighted by molar-refractivity contribution is 0.102. The van der Waals surface area contributed by atoms with Gasteiger partial charge >= 0.3 is 0 Å². The number of nitrogens with one attached hydrogen (secondary N) is 2. The summed E-state index contributed by atoms with van der Waals surface area (Å²) in [7, 11) is 0. The highest BCUT2D eigenvalue weighted by molar-refractivity contribution is 7.12. The molecular formula is C16H17N5OS. The van der Waals surface area contributed by atoms with Crippen LogP contribution in [0, 0.1) is 13.8 Å². The number of thiophene rings is 1. The minimum Gasteiger partial charge on any atom is -0.368 e. The van der Waals surface area contributed by atoms with Gasteiger partial charge < -0.3 is 11.1 Å². The molecule has 0 saturated carbocycles. The number of anilines is 3. The number of H-pyrrole nitrogens is 1. The van der Waals surface area contributed by atoms with Crippen molar-refractivity contribution in [1.29, 1.82) is 0 Å². The molecule has 2 heterocycles. The van der Waals surface area contributed by atoms with E-state index in [1.165, 1.54) is 11.3 Å². The number of hydrogen-bond donors (Lipinski definition) is 3. The minimum absolute atomic E-state index is 0.0900. The zero-order valence-corrected chi connectivity index (χ0v) is 13.9. The van der Waals surface area contributed by atoms with Crippen LogP contribution in [0.2, 0.25) is 0 Å². The van der Waals surface area contributed by atoms with Crippen LogP contribution >= 0.6 is 11.3 Å². The summed E-state index contributed by atoms with van der Waals surface area (Å²) in [5.74, 6) is 0.781. The van der Waals surface area contributed by atoms with Gasteiger partial charge in [-0.2, -0.15) is 4.98 Å². The summed E-state index contributed by atoms with van der Waals surface area (Å²) in [6.45, 7) is 5.66. The first-order valence-corrected chi connectivity index (χ1v) is 7.98. The first-order chi connectivity index (χ1) is 11.0. The summed E-state index contributed by atoms with van der Waals surface area (Å²) in [5, 5.41) is 11.6. The van der Waals surface area contributed by atoms with Gasteiger partial charge in [0.25, 0.3) is 0 Å². The molecule has 0 saturated heterocycles. The molecule has 0 aliphatic heterocycles. The van der Waals surface area contributed by atoms with Gasteiger partial charge in [-0.15, -0.1) is 16.4 Å². The molecule has 0 aliphatic carbocycles. The summed E-state index contributed by atoms with van der Waals surface area (Å²) < 4.78 is 0. The van der Waals surface area contributed by atoms with E-state index in [0.717, 1.165) is 32.8 Å². The standard InChI is InChI=1S/C16H17N5OS/c1-8-6-11(18-16-19-15(17)20-21-16)7-9(2)13(8)12-4-5-23-14(12)10(3)22/h4-7H,1-3H3,(H4,17,18,19,20,21). The maximum absolute atomic E-state index is 11.8. The fourth-order valence-corrected chi connectivity index (χ4v) is 3.50. The molecule has 6 nitrogen and oxygen atoms in total. The maximum Gasteiger partial charge on any atom is 0.248 e. The quantitative estimate of drug-likeness (QED) is 0.635. The van der Waals surface area contributed by atoms with Crippen LogP contribution in [0.3, 0.4) is 0 Å². The van der Waals surface area contributed by atoms with Gasteiger partial charge in [-0.25, -0.2) is 5.10 Å². The Kier molecular flexibility index (Phi) is 3.87. The highest BCUT2D eigenvalue weighted by Crippen LogP contribution is 2.35. The van der Waals surface area contributed by atoms with Crippen LogP contribution in [0.15, 0.2) is 23.6 Å². The number of aryl methyl sites for hydroxylation is 2. The molecule has 0 spiro atoms. The van der Waals surface area contributed by atoms with Crippen molar-refractivity contribution in [3.8, 4) is 11.1 Å². The minimum atomic E-state index is 0.0900. The summed E-state index contributed by atoms with van der Waals surface area (Å²) in [4.78, 5) is 16.6. The van der Waals surface area contributed by atoms with Crippen molar-refractivity contribution >= 4 is 34.7 Å². The van der Waals surface area contributed by atoms with Gasteiger partial charge in [0.15, 0.2) is 5.78 Å². The SMILES string of the molecule is CC(=O)c1sccc1-c1c(C)cc(Nc2n[nH]c(N)n2)cc1C. The second-order valence-electron chi connectivity index (χ2n) is 5.37. The first kappa shape index (κ1) is 15.2. The van der Waals surface area contributed by atoms with Crippen LogP contribution in [0.5, 0.6) is 0 Å². The average molecular weight is 327 g/mol. The average Bonchev–Trinajstić information content (AvgIpc) is 3.07. The molecule has 1 aromatic carbocycles. The Hall–Kier alpha value is -2.67. The predicted molar refractivity (Wildman–Crippen MR) is 93.3 cm³/mol. The van der Waals surface area contributed by atoms with Gasteiger partial charge in [0.05, 0.1) is 4.88 Å². The zero-order valence-electron chi connectivity index (χ0n) is 13.1. The summed E-state index contributed by atoms with van der Waals surface area (Å²) >= 11 is 1.48. The number of aromatic amines is 1. The molecule has 4 N–H and O–H groups in total. The van der Waals surface area contributed by atoms with E-state index in [1.54, 1.807) is 6.92 Å². The van der Waals surface area contributed by atoms with Crippen molar-refractivity contribution in [3.05, 3.63) is 39.6 Å². The van der Waals surface area contributed by atoms with E-state index in [-0.39, 0.29) is 11.7 Å². The van der Waals surface area contributed by atoms with E-state index in [9.17, 15) is 4.79 Å². The Morgan fingerprint density at radius 1 is 1.30 bits per heavy atom. The lowest BCUT2D eigenvalue weighted by Crippen LogP contribution is -1.98. The second-order valence-corrected chi connectivity index (χ2v) is 6.29. The molecular weight excluding hydrogens is 310 g/mol. The molecule has 7 heteroatoms. The monoisotopic (exact) mass is 327 g/mol. The molecule has 0 radical (unpaired) electrons. The number of nitrogens with two attached hydrogens (primary N) is 1. The molecule has 0 fully saturated rings. The molecule has 3 rings (SSSR count). The van der Waals surface area contributed by atoms with Crippen LogP contribution in [-0.4, -0.2) is 21.0 Å². The Bertz CT molecular complexity index is 857. The third kappa shape index (κ3) is 2.95. The largest absolute Gasteiger partial charge is 0.368 e. The van der Waals surface area contributed by atoms with E-state index in [0.29, 0.717) is 5.95 Å². The fraction of sp³-hybridized carbons (Fsp3) is 0.188. The summed E-state index contributed by atoms with van der Waals surface area (Å²) in [5.41, 5.74) is 10.6. The van der Waals surface area contributed by atoms with Gasteiger partial charge in [-0.05, 0) is 61.0 Å². The van der Waals surface area contributed by atoms with E-state index in [1.807, 2.05) is 37.4 Å². The number of hydrogen-bond acceptors (Lipinski definition) is 6. The van der Waals surface area contributed by atoms with Crippen molar-refractivity contribution in [2.75, 3.05) is 11.1 Å². The Morgan fingerprint density at radius 3 is 2.57 bits per heavy atom. The highest BCUT2D eigenvalue weighted by atomic mass is 32.1. The Labute approximate surface area is 137 Å². The summed E-state index contributed by atoms with van der Waals surface area (Å²) in [6, 6.07) is 6.02. The first-order valence-electron chi connectivity index (χ1n) is 7.10. The maximum atomic E-state index is 11.8. The molecule has 0 bridgehead atoms. The number of Topliss-reactive ketones (excluding diaryl/α,β-unsaturated/α-hetero) is 1. The van der Waals surface area contributed by atoms with Crippen molar-refractivity contribution in [2.45, 2.75) is 20.8 Å². The summed E-state index contributed by atoms with van der Waals surface area (Å²) in [6.07, 6.45) is 0. The normalized spacial score (nSPS) is 10.7. The van der Waals surface area contributed by atoms with Crippen molar-refractivity contribution in [2.24, 2.45) is 0 Å². The predicted octanol–water partition coefficient (Wildman–Crippen LogP) is 3.68. The van der Waals surface area contributed by atoms with E-state index in [2.05, 4.69) is 20.5 Å². The molecule has 118 valence electrons.